The summed E-state index contributed by atoms with van der Waals surface area (Å²) in [6.45, 7) is 8.21. The van der Waals surface area contributed by atoms with Crippen molar-refractivity contribution in [3.8, 4) is 11.5 Å². The van der Waals surface area contributed by atoms with Crippen LogP contribution in [0.1, 0.15) is 18.1 Å². The summed E-state index contributed by atoms with van der Waals surface area (Å²) >= 11 is 0. The molecule has 0 bridgehead atoms. The molecule has 0 spiro atoms. The molecule has 1 N–H and O–H groups in total. The van der Waals surface area contributed by atoms with Crippen LogP contribution in [0.15, 0.2) is 55.1 Å². The second-order valence-electron chi connectivity index (χ2n) is 5.37. The van der Waals surface area contributed by atoms with Crippen molar-refractivity contribution in [1.82, 2.24) is 5.32 Å². The molecular formula is C20H24FNO2. The second kappa shape index (κ2) is 9.73. The van der Waals surface area contributed by atoms with Crippen molar-refractivity contribution in [2.45, 2.75) is 19.9 Å². The van der Waals surface area contributed by atoms with Gasteiger partial charge in [0.15, 0.2) is 11.5 Å². The molecule has 0 aliphatic rings. The largest absolute Gasteiger partial charge is 0.490 e. The molecule has 128 valence electrons. The Labute approximate surface area is 143 Å². The van der Waals surface area contributed by atoms with Gasteiger partial charge in [-0.05, 0) is 55.3 Å². The van der Waals surface area contributed by atoms with Gasteiger partial charge in [-0.15, -0.1) is 0 Å². The Morgan fingerprint density at radius 2 is 1.79 bits per heavy atom. The van der Waals surface area contributed by atoms with E-state index in [4.69, 9.17) is 9.47 Å². The zero-order valence-electron chi connectivity index (χ0n) is 14.1. The van der Waals surface area contributed by atoms with Gasteiger partial charge in [-0.3, -0.25) is 0 Å². The van der Waals surface area contributed by atoms with Crippen LogP contribution in [-0.2, 0) is 13.0 Å². The first-order valence-corrected chi connectivity index (χ1v) is 8.17. The Bertz CT molecular complexity index is 641. The SMILES string of the molecule is C=CCOc1ccc(CNCCc2ccc(F)cc2)cc1OCC. The van der Waals surface area contributed by atoms with E-state index in [0.717, 1.165) is 42.1 Å². The number of benzene rings is 2. The van der Waals surface area contributed by atoms with E-state index in [-0.39, 0.29) is 5.82 Å². The zero-order valence-corrected chi connectivity index (χ0v) is 14.1. The van der Waals surface area contributed by atoms with E-state index in [1.54, 1.807) is 6.08 Å². The third-order valence-corrected chi connectivity index (χ3v) is 3.50. The minimum atomic E-state index is -0.200. The van der Waals surface area contributed by atoms with Crippen molar-refractivity contribution < 1.29 is 13.9 Å². The first kappa shape index (κ1) is 18.0. The van der Waals surface area contributed by atoms with Gasteiger partial charge in [0.05, 0.1) is 6.61 Å². The van der Waals surface area contributed by atoms with Crippen LogP contribution in [0.2, 0.25) is 0 Å². The Balaban J connectivity index is 1.86. The topological polar surface area (TPSA) is 30.5 Å². The summed E-state index contributed by atoms with van der Waals surface area (Å²) in [4.78, 5) is 0. The molecule has 0 aliphatic carbocycles. The monoisotopic (exact) mass is 329 g/mol. The van der Waals surface area contributed by atoms with Crippen LogP contribution in [0.3, 0.4) is 0 Å². The molecule has 0 unspecified atom stereocenters. The number of ether oxygens (including phenoxy) is 2. The van der Waals surface area contributed by atoms with Gasteiger partial charge >= 0.3 is 0 Å². The maximum absolute atomic E-state index is 12.9. The van der Waals surface area contributed by atoms with Crippen molar-refractivity contribution in [2.75, 3.05) is 19.8 Å². The van der Waals surface area contributed by atoms with Crippen LogP contribution < -0.4 is 14.8 Å². The molecule has 2 aromatic rings. The standard InChI is InChI=1S/C20H24FNO2/c1-3-13-24-19-10-7-17(14-20(19)23-4-2)15-22-12-11-16-5-8-18(21)9-6-16/h3,5-10,14,22H,1,4,11-13,15H2,2H3. The lowest BCUT2D eigenvalue weighted by Crippen LogP contribution is -2.16. The predicted molar refractivity (Wildman–Crippen MR) is 95.1 cm³/mol. The Kier molecular flexibility index (Phi) is 7.30. The van der Waals surface area contributed by atoms with E-state index < -0.39 is 0 Å². The highest BCUT2D eigenvalue weighted by Crippen LogP contribution is 2.28. The molecule has 4 heteroatoms. The van der Waals surface area contributed by atoms with Gasteiger partial charge in [-0.2, -0.15) is 0 Å². The molecule has 0 atom stereocenters. The molecule has 0 saturated carbocycles. The second-order valence-corrected chi connectivity index (χ2v) is 5.37. The quantitative estimate of drug-likeness (QED) is 0.525. The molecule has 0 fully saturated rings. The van der Waals surface area contributed by atoms with Crippen molar-refractivity contribution in [3.63, 3.8) is 0 Å². The van der Waals surface area contributed by atoms with Gasteiger partial charge < -0.3 is 14.8 Å². The van der Waals surface area contributed by atoms with Gasteiger partial charge in [-0.25, -0.2) is 4.39 Å². The summed E-state index contributed by atoms with van der Waals surface area (Å²) in [7, 11) is 0. The lowest BCUT2D eigenvalue weighted by Gasteiger charge is -2.13. The summed E-state index contributed by atoms with van der Waals surface area (Å²) in [6.07, 6.45) is 2.57. The Hall–Kier alpha value is -2.33. The van der Waals surface area contributed by atoms with Crippen LogP contribution in [-0.4, -0.2) is 19.8 Å². The first-order valence-electron chi connectivity index (χ1n) is 8.17. The van der Waals surface area contributed by atoms with Crippen LogP contribution >= 0.6 is 0 Å². The summed E-state index contributed by atoms with van der Waals surface area (Å²) < 4.78 is 24.1. The van der Waals surface area contributed by atoms with Crippen molar-refractivity contribution in [2.24, 2.45) is 0 Å². The van der Waals surface area contributed by atoms with E-state index in [1.165, 1.54) is 12.1 Å². The number of hydrogen-bond donors (Lipinski definition) is 1. The molecule has 2 aromatic carbocycles. The van der Waals surface area contributed by atoms with Gasteiger partial charge in [0.1, 0.15) is 12.4 Å². The summed E-state index contributed by atoms with van der Waals surface area (Å²) in [5, 5.41) is 3.39. The number of nitrogens with one attached hydrogen (secondary N) is 1. The van der Waals surface area contributed by atoms with Crippen molar-refractivity contribution in [3.05, 3.63) is 72.1 Å². The highest BCUT2D eigenvalue weighted by molar-refractivity contribution is 5.43. The highest BCUT2D eigenvalue weighted by atomic mass is 19.1. The normalized spacial score (nSPS) is 10.4. The van der Waals surface area contributed by atoms with Gasteiger partial charge in [-0.1, -0.05) is 30.9 Å². The van der Waals surface area contributed by atoms with Crippen LogP contribution in [0.5, 0.6) is 11.5 Å². The molecule has 0 saturated heterocycles. The Morgan fingerprint density at radius 3 is 2.50 bits per heavy atom. The maximum Gasteiger partial charge on any atom is 0.161 e. The maximum atomic E-state index is 12.9. The molecule has 2 rings (SSSR count). The average molecular weight is 329 g/mol. The fourth-order valence-corrected chi connectivity index (χ4v) is 2.32. The average Bonchev–Trinajstić information content (AvgIpc) is 2.60. The van der Waals surface area contributed by atoms with Crippen LogP contribution in [0, 0.1) is 5.82 Å². The van der Waals surface area contributed by atoms with E-state index in [9.17, 15) is 4.39 Å². The van der Waals surface area contributed by atoms with Crippen molar-refractivity contribution in [1.29, 1.82) is 0 Å². The van der Waals surface area contributed by atoms with Gasteiger partial charge in [0.2, 0.25) is 0 Å². The highest BCUT2D eigenvalue weighted by Gasteiger charge is 2.06. The van der Waals surface area contributed by atoms with Gasteiger partial charge in [0, 0.05) is 6.54 Å². The molecule has 0 heterocycles. The van der Waals surface area contributed by atoms with E-state index in [0.29, 0.717) is 13.2 Å². The molecule has 0 aromatic heterocycles. The molecule has 0 radical (unpaired) electrons. The summed E-state index contributed by atoms with van der Waals surface area (Å²) in [5.41, 5.74) is 2.25. The first-order chi connectivity index (χ1) is 11.7. The third kappa shape index (κ3) is 5.70. The molecule has 0 amide bonds. The minimum absolute atomic E-state index is 0.200. The Morgan fingerprint density at radius 1 is 1.04 bits per heavy atom. The van der Waals surface area contributed by atoms with Crippen molar-refractivity contribution >= 4 is 0 Å². The number of rotatable bonds is 10. The van der Waals surface area contributed by atoms with Gasteiger partial charge in [0.25, 0.3) is 0 Å². The van der Waals surface area contributed by atoms with E-state index >= 15 is 0 Å². The summed E-state index contributed by atoms with van der Waals surface area (Å²) in [6, 6.07) is 12.5. The third-order valence-electron chi connectivity index (χ3n) is 3.50. The molecule has 0 aliphatic heterocycles. The van der Waals surface area contributed by atoms with Crippen LogP contribution in [0.25, 0.3) is 0 Å². The molecule has 3 nitrogen and oxygen atoms in total. The number of halogens is 1. The van der Waals surface area contributed by atoms with Crippen LogP contribution in [0.4, 0.5) is 4.39 Å². The fourth-order valence-electron chi connectivity index (χ4n) is 2.32. The smallest absolute Gasteiger partial charge is 0.161 e. The minimum Gasteiger partial charge on any atom is -0.490 e. The van der Waals surface area contributed by atoms with E-state index in [1.807, 2.05) is 37.3 Å². The fraction of sp³-hybridized carbons (Fsp3) is 0.300. The molecular weight excluding hydrogens is 305 g/mol. The van der Waals surface area contributed by atoms with E-state index in [2.05, 4.69) is 11.9 Å². The summed E-state index contributed by atoms with van der Waals surface area (Å²) in [5.74, 6) is 1.28. The predicted octanol–water partition coefficient (Wildman–Crippen LogP) is 4.12. The number of hydrogen-bond acceptors (Lipinski definition) is 3. The molecule has 24 heavy (non-hydrogen) atoms. The lowest BCUT2D eigenvalue weighted by molar-refractivity contribution is 0.296. The lowest BCUT2D eigenvalue weighted by atomic mass is 10.1. The zero-order chi connectivity index (χ0) is 17.2.